The van der Waals surface area contributed by atoms with Crippen LogP contribution >= 0.6 is 0 Å². The molecule has 7 heteroatoms. The van der Waals surface area contributed by atoms with E-state index in [2.05, 4.69) is 10.3 Å². The van der Waals surface area contributed by atoms with Crippen LogP contribution in [0.5, 0.6) is 0 Å². The molecule has 0 fully saturated rings. The molecule has 1 aromatic heterocycles. The minimum atomic E-state index is -1.11. The summed E-state index contributed by atoms with van der Waals surface area (Å²) < 4.78 is 27.1. The molecule has 1 amide bonds. The second-order valence-corrected chi connectivity index (χ2v) is 7.10. The number of carbonyl (C=O) groups excluding carboxylic acids is 1. The number of aromatic nitrogens is 1. The zero-order chi connectivity index (χ0) is 20.3. The van der Waals surface area contributed by atoms with E-state index in [1.807, 2.05) is 0 Å². The van der Waals surface area contributed by atoms with Crippen LogP contribution in [0.25, 0.3) is 22.2 Å². The molecule has 148 valence electrons. The first-order valence-electron chi connectivity index (χ1n) is 8.94. The van der Waals surface area contributed by atoms with E-state index in [1.165, 1.54) is 31.2 Å². The summed E-state index contributed by atoms with van der Waals surface area (Å²) in [5, 5.41) is 21.9. The lowest BCUT2D eigenvalue weighted by atomic mass is 10.00. The van der Waals surface area contributed by atoms with Crippen LogP contribution in [-0.2, 0) is 11.2 Å². The highest BCUT2D eigenvalue weighted by molar-refractivity contribution is 5.91. The second-order valence-electron chi connectivity index (χ2n) is 7.10. The van der Waals surface area contributed by atoms with Gasteiger partial charge in [0.05, 0.1) is 18.8 Å². The predicted molar refractivity (Wildman–Crippen MR) is 103 cm³/mol. The van der Waals surface area contributed by atoms with Gasteiger partial charge >= 0.3 is 0 Å². The van der Waals surface area contributed by atoms with Crippen molar-refractivity contribution in [1.29, 1.82) is 0 Å². The number of aliphatic hydroxyl groups excluding tert-OH is 2. The average Bonchev–Trinajstić information content (AvgIpc) is 3.04. The number of aliphatic hydroxyl groups is 2. The van der Waals surface area contributed by atoms with E-state index in [1.54, 1.807) is 18.2 Å². The standard InChI is InChI=1S/C21H22F2N2O3/c1-21(11-26,12-27)25-19(28)9-7-16-17-10-15(23)6-8-18(17)24-20(16)13-2-4-14(22)5-3-13/h2-6,8,10,24,26-27H,7,9,11-12H2,1H3,(H,25,28). The Morgan fingerprint density at radius 3 is 2.36 bits per heavy atom. The van der Waals surface area contributed by atoms with E-state index in [4.69, 9.17) is 0 Å². The van der Waals surface area contributed by atoms with Gasteiger partial charge in [-0.05, 0) is 66.9 Å². The first-order chi connectivity index (χ1) is 13.3. The third-order valence-electron chi connectivity index (χ3n) is 4.74. The van der Waals surface area contributed by atoms with E-state index in [9.17, 15) is 23.8 Å². The van der Waals surface area contributed by atoms with Gasteiger partial charge < -0.3 is 20.5 Å². The zero-order valence-electron chi connectivity index (χ0n) is 15.4. The summed E-state index contributed by atoms with van der Waals surface area (Å²) in [7, 11) is 0. The van der Waals surface area contributed by atoms with E-state index < -0.39 is 24.6 Å². The normalized spacial score (nSPS) is 11.8. The Bertz CT molecular complexity index is 979. The minimum Gasteiger partial charge on any atom is -0.394 e. The molecule has 0 radical (unpaired) electrons. The zero-order valence-corrected chi connectivity index (χ0v) is 15.4. The number of amides is 1. The molecule has 1 heterocycles. The summed E-state index contributed by atoms with van der Waals surface area (Å²) in [6, 6.07) is 10.3. The van der Waals surface area contributed by atoms with Gasteiger partial charge in [-0.1, -0.05) is 0 Å². The Hall–Kier alpha value is -2.77. The van der Waals surface area contributed by atoms with Gasteiger partial charge in [0.25, 0.3) is 0 Å². The Morgan fingerprint density at radius 1 is 1.07 bits per heavy atom. The van der Waals surface area contributed by atoms with Gasteiger partial charge in [0.15, 0.2) is 0 Å². The van der Waals surface area contributed by atoms with Crippen molar-refractivity contribution in [2.75, 3.05) is 13.2 Å². The molecule has 5 nitrogen and oxygen atoms in total. The summed E-state index contributed by atoms with van der Waals surface area (Å²) >= 11 is 0. The second kappa shape index (κ2) is 8.08. The molecule has 0 bridgehead atoms. The first kappa shape index (κ1) is 20.0. The number of aromatic amines is 1. The fraction of sp³-hybridized carbons (Fsp3) is 0.286. The van der Waals surface area contributed by atoms with Crippen molar-refractivity contribution in [3.63, 3.8) is 0 Å². The number of halogens is 2. The molecule has 0 saturated heterocycles. The number of carbonyl (C=O) groups is 1. The smallest absolute Gasteiger partial charge is 0.220 e. The maximum absolute atomic E-state index is 13.8. The minimum absolute atomic E-state index is 0.0766. The largest absolute Gasteiger partial charge is 0.394 e. The van der Waals surface area contributed by atoms with Gasteiger partial charge in [-0.25, -0.2) is 8.78 Å². The van der Waals surface area contributed by atoms with Crippen LogP contribution in [0.4, 0.5) is 8.78 Å². The fourth-order valence-electron chi connectivity index (χ4n) is 3.11. The molecule has 0 aliphatic rings. The van der Waals surface area contributed by atoms with Crippen molar-refractivity contribution in [3.8, 4) is 11.3 Å². The summed E-state index contributed by atoms with van der Waals surface area (Å²) in [4.78, 5) is 15.5. The quantitative estimate of drug-likeness (QED) is 0.502. The van der Waals surface area contributed by atoms with E-state index in [0.29, 0.717) is 23.0 Å². The number of benzene rings is 2. The molecule has 0 saturated carbocycles. The molecule has 3 rings (SSSR count). The van der Waals surface area contributed by atoms with E-state index >= 15 is 0 Å². The molecule has 0 aliphatic carbocycles. The monoisotopic (exact) mass is 388 g/mol. The highest BCUT2D eigenvalue weighted by atomic mass is 19.1. The van der Waals surface area contributed by atoms with Gasteiger partial charge in [0, 0.05) is 23.0 Å². The van der Waals surface area contributed by atoms with Crippen LogP contribution in [-0.4, -0.2) is 39.9 Å². The maximum atomic E-state index is 13.8. The molecule has 4 N–H and O–H groups in total. The lowest BCUT2D eigenvalue weighted by molar-refractivity contribution is -0.124. The first-order valence-corrected chi connectivity index (χ1v) is 8.94. The van der Waals surface area contributed by atoms with E-state index in [-0.39, 0.29) is 18.1 Å². The molecule has 3 aromatic rings. The number of hydrogen-bond donors (Lipinski definition) is 4. The van der Waals surface area contributed by atoms with Gasteiger partial charge in [-0.2, -0.15) is 0 Å². The Balaban J connectivity index is 1.92. The topological polar surface area (TPSA) is 85.3 Å². The van der Waals surface area contributed by atoms with Crippen LogP contribution in [0.15, 0.2) is 42.5 Å². The fourth-order valence-corrected chi connectivity index (χ4v) is 3.11. The third kappa shape index (κ3) is 4.21. The number of hydrogen-bond acceptors (Lipinski definition) is 3. The van der Waals surface area contributed by atoms with Crippen molar-refractivity contribution >= 4 is 16.8 Å². The van der Waals surface area contributed by atoms with Crippen molar-refractivity contribution in [2.24, 2.45) is 0 Å². The third-order valence-corrected chi connectivity index (χ3v) is 4.74. The average molecular weight is 388 g/mol. The Morgan fingerprint density at radius 2 is 1.71 bits per heavy atom. The Kier molecular flexibility index (Phi) is 5.76. The van der Waals surface area contributed by atoms with E-state index in [0.717, 1.165) is 11.1 Å². The summed E-state index contributed by atoms with van der Waals surface area (Å²) in [5.74, 6) is -1.10. The SMILES string of the molecule is CC(CO)(CO)NC(=O)CCc1c(-c2ccc(F)cc2)[nH]c2ccc(F)cc12. The van der Waals surface area contributed by atoms with Crippen LogP contribution in [0.3, 0.4) is 0 Å². The summed E-state index contributed by atoms with van der Waals surface area (Å²) in [5.41, 5.74) is 1.77. The number of aryl methyl sites for hydroxylation is 1. The van der Waals surface area contributed by atoms with Crippen LogP contribution in [0.1, 0.15) is 18.9 Å². The number of fused-ring (bicyclic) bond motifs is 1. The number of H-pyrrole nitrogens is 1. The summed E-state index contributed by atoms with van der Waals surface area (Å²) in [6.45, 7) is 0.749. The van der Waals surface area contributed by atoms with Gasteiger partial charge in [-0.3, -0.25) is 4.79 Å². The molecule has 0 atom stereocenters. The summed E-state index contributed by atoms with van der Waals surface area (Å²) in [6.07, 6.45) is 0.377. The van der Waals surface area contributed by atoms with Crippen molar-refractivity contribution in [3.05, 3.63) is 59.7 Å². The van der Waals surface area contributed by atoms with Crippen molar-refractivity contribution in [2.45, 2.75) is 25.3 Å². The molecule has 28 heavy (non-hydrogen) atoms. The Labute approximate surface area is 161 Å². The van der Waals surface area contributed by atoms with Crippen LogP contribution in [0.2, 0.25) is 0 Å². The highest BCUT2D eigenvalue weighted by Crippen LogP contribution is 2.32. The highest BCUT2D eigenvalue weighted by Gasteiger charge is 2.25. The molecule has 0 aliphatic heterocycles. The molecule has 2 aromatic carbocycles. The van der Waals surface area contributed by atoms with Gasteiger partial charge in [0.2, 0.25) is 5.91 Å². The molecular formula is C21H22F2N2O3. The molecular weight excluding hydrogens is 366 g/mol. The number of rotatable bonds is 7. The lowest BCUT2D eigenvalue weighted by Gasteiger charge is -2.26. The number of nitrogens with one attached hydrogen (secondary N) is 2. The van der Waals surface area contributed by atoms with Gasteiger partial charge in [-0.15, -0.1) is 0 Å². The molecule has 0 spiro atoms. The lowest BCUT2D eigenvalue weighted by Crippen LogP contribution is -2.51. The maximum Gasteiger partial charge on any atom is 0.220 e. The van der Waals surface area contributed by atoms with Crippen LogP contribution in [0, 0.1) is 11.6 Å². The predicted octanol–water partition coefficient (Wildman–Crippen LogP) is 2.91. The molecule has 0 unspecified atom stereocenters. The van der Waals surface area contributed by atoms with Crippen LogP contribution < -0.4 is 5.32 Å². The van der Waals surface area contributed by atoms with Gasteiger partial charge in [0.1, 0.15) is 11.6 Å². The van der Waals surface area contributed by atoms with Crippen molar-refractivity contribution < 1.29 is 23.8 Å². The van der Waals surface area contributed by atoms with Crippen molar-refractivity contribution in [1.82, 2.24) is 10.3 Å².